The van der Waals surface area contributed by atoms with Crippen molar-refractivity contribution >= 4 is 47.8 Å². The van der Waals surface area contributed by atoms with E-state index in [1.165, 1.54) is 13.8 Å². The van der Waals surface area contributed by atoms with Gasteiger partial charge in [-0.05, 0) is 20.8 Å². The summed E-state index contributed by atoms with van der Waals surface area (Å²) in [6.07, 6.45) is 2.95. The van der Waals surface area contributed by atoms with Crippen molar-refractivity contribution in [2.45, 2.75) is 53.4 Å². The molecule has 16 nitrogen and oxygen atoms in total. The monoisotopic (exact) mass is 774 g/mol. The van der Waals surface area contributed by atoms with Gasteiger partial charge in [0.1, 0.15) is 75.0 Å². The number of ether oxygens (including phenoxy) is 8. The number of carbonyl (C=O) groups excluding carboxylic acids is 8. The quantitative estimate of drug-likeness (QED) is 0.0702. The van der Waals surface area contributed by atoms with Gasteiger partial charge >= 0.3 is 47.8 Å². The first-order valence-electron chi connectivity index (χ1n) is 16.3. The van der Waals surface area contributed by atoms with Gasteiger partial charge in [0.2, 0.25) is 0 Å². The van der Waals surface area contributed by atoms with Gasteiger partial charge < -0.3 is 37.9 Å². The molecule has 0 amide bonds. The first-order valence-corrected chi connectivity index (χ1v) is 16.3. The molecule has 0 aromatic rings. The van der Waals surface area contributed by atoms with Crippen LogP contribution >= 0.6 is 0 Å². The predicted molar refractivity (Wildman–Crippen MR) is 182 cm³/mol. The highest BCUT2D eigenvalue weighted by molar-refractivity contribution is 5.83. The number of alkyl halides is 2. The van der Waals surface area contributed by atoms with Crippen LogP contribution in [0.5, 0.6) is 0 Å². The van der Waals surface area contributed by atoms with E-state index in [9.17, 15) is 38.4 Å². The van der Waals surface area contributed by atoms with E-state index in [-0.39, 0.29) is 12.8 Å². The number of hydrogen-bond acceptors (Lipinski definition) is 16. The summed E-state index contributed by atoms with van der Waals surface area (Å²) in [5, 5.41) is 0. The molecule has 0 aliphatic carbocycles. The fraction of sp³-hybridized carbons (Fsp3) is 0.556. The van der Waals surface area contributed by atoms with Crippen LogP contribution in [0.2, 0.25) is 0 Å². The lowest BCUT2D eigenvalue weighted by Crippen LogP contribution is -2.52. The summed E-state index contributed by atoms with van der Waals surface area (Å²) in [7, 11) is 0. The molecule has 0 aliphatic heterocycles. The molecule has 0 rings (SSSR count). The second-order valence-electron chi connectivity index (χ2n) is 12.4. The van der Waals surface area contributed by atoms with Crippen molar-refractivity contribution in [2.24, 2.45) is 22.2 Å². The zero-order valence-corrected chi connectivity index (χ0v) is 31.1. The second-order valence-corrected chi connectivity index (χ2v) is 12.4. The molecule has 0 aromatic carbocycles. The molecule has 54 heavy (non-hydrogen) atoms. The smallest absolute Gasteiger partial charge is 0.330 e. The summed E-state index contributed by atoms with van der Waals surface area (Å²) in [5.41, 5.74) is -6.40. The Morgan fingerprint density at radius 1 is 0.519 bits per heavy atom. The Kier molecular flexibility index (Phi) is 20.3. The van der Waals surface area contributed by atoms with Gasteiger partial charge in [-0.25, -0.2) is 28.0 Å². The van der Waals surface area contributed by atoms with Gasteiger partial charge in [-0.3, -0.25) is 19.2 Å². The van der Waals surface area contributed by atoms with Gasteiger partial charge in [-0.15, -0.1) is 0 Å². The summed E-state index contributed by atoms with van der Waals surface area (Å²) in [6.45, 7) is 12.3. The summed E-state index contributed by atoms with van der Waals surface area (Å²) in [5.74, 6) is -15.1. The molecule has 0 aromatic heterocycles. The Hall–Kier alpha value is -5.42. The van der Waals surface area contributed by atoms with E-state index >= 15 is 8.78 Å². The first-order chi connectivity index (χ1) is 25.1. The maximum Gasteiger partial charge on any atom is 0.330 e. The first kappa shape index (κ1) is 48.6. The molecule has 0 aliphatic rings. The number of rotatable bonds is 26. The molecular formula is C36H48F2O16. The summed E-state index contributed by atoms with van der Waals surface area (Å²) in [4.78, 5) is 97.9. The number of carbonyl (C=O) groups is 8. The van der Waals surface area contributed by atoms with Crippen LogP contribution in [0.4, 0.5) is 8.78 Å². The Balaban J connectivity index is 6.42. The molecule has 0 radical (unpaired) electrons. The van der Waals surface area contributed by atoms with E-state index in [0.29, 0.717) is 0 Å². The van der Waals surface area contributed by atoms with Crippen molar-refractivity contribution < 1.29 is 85.0 Å². The predicted octanol–water partition coefficient (Wildman–Crippen LogP) is 3.17. The lowest BCUT2D eigenvalue weighted by molar-refractivity contribution is -0.204. The van der Waals surface area contributed by atoms with Crippen molar-refractivity contribution in [1.82, 2.24) is 0 Å². The number of esters is 8. The van der Waals surface area contributed by atoms with E-state index in [0.717, 1.165) is 45.1 Å². The van der Waals surface area contributed by atoms with Crippen LogP contribution in [0.25, 0.3) is 0 Å². The van der Waals surface area contributed by atoms with Gasteiger partial charge in [0.25, 0.3) is 5.92 Å². The molecule has 1 atom stereocenters. The van der Waals surface area contributed by atoms with E-state index in [1.807, 2.05) is 0 Å². The molecule has 0 bridgehead atoms. The Morgan fingerprint density at radius 3 is 1.09 bits per heavy atom. The third-order valence-corrected chi connectivity index (χ3v) is 7.68. The lowest BCUT2D eigenvalue weighted by atomic mass is 9.78. The largest absolute Gasteiger partial charge is 0.465 e. The molecule has 302 valence electrons. The van der Waals surface area contributed by atoms with Crippen molar-refractivity contribution in [3.05, 3.63) is 50.6 Å². The average molecular weight is 775 g/mol. The summed E-state index contributed by atoms with van der Waals surface area (Å²) >= 11 is 0. The van der Waals surface area contributed by atoms with Gasteiger partial charge in [0.15, 0.2) is 0 Å². The van der Waals surface area contributed by atoms with Gasteiger partial charge in [-0.2, -0.15) is 0 Å². The van der Waals surface area contributed by atoms with Gasteiger partial charge in [-0.1, -0.05) is 40.2 Å². The zero-order chi connectivity index (χ0) is 41.8. The third-order valence-electron chi connectivity index (χ3n) is 7.68. The number of hydrogen-bond donors (Lipinski definition) is 0. The van der Waals surface area contributed by atoms with Crippen molar-refractivity contribution in [3.63, 3.8) is 0 Å². The average Bonchev–Trinajstić information content (AvgIpc) is 3.17. The molecular weight excluding hydrogens is 726 g/mol. The van der Waals surface area contributed by atoms with Crippen LogP contribution < -0.4 is 0 Å². The highest BCUT2D eigenvalue weighted by Gasteiger charge is 2.59. The summed E-state index contributed by atoms with van der Waals surface area (Å²) < 4.78 is 73.0. The van der Waals surface area contributed by atoms with Gasteiger partial charge in [0, 0.05) is 37.1 Å². The van der Waals surface area contributed by atoms with Crippen LogP contribution in [-0.4, -0.2) is 107 Å². The zero-order valence-electron chi connectivity index (χ0n) is 31.1. The van der Waals surface area contributed by atoms with E-state index in [1.54, 1.807) is 0 Å². The van der Waals surface area contributed by atoms with Crippen LogP contribution in [0.15, 0.2) is 50.6 Å². The molecule has 0 saturated heterocycles. The summed E-state index contributed by atoms with van der Waals surface area (Å²) in [6, 6.07) is 0. The Bertz CT molecular complexity index is 1340. The molecule has 0 N–H and O–H groups in total. The van der Waals surface area contributed by atoms with E-state index in [2.05, 4.69) is 26.3 Å². The standard InChI is InChI=1S/C36H48F2O16/c1-10-25(39)47-16-34(17-48-26(40)11-2,18-49-27(41)12-3)22-53-31(45)24(7)36(37,38)33(8,9)32(46)54-23-35(19-50-28(42)13-4,20-51-29(43)14-5)21-52-30(44)15-6/h10,13-15,24H,1,4-6,11-12,16-23H2,2-3,7-9H3. The van der Waals surface area contributed by atoms with E-state index in [4.69, 9.17) is 37.9 Å². The van der Waals surface area contributed by atoms with Crippen LogP contribution in [0, 0.1) is 22.2 Å². The highest BCUT2D eigenvalue weighted by Crippen LogP contribution is 2.44. The molecule has 0 saturated carbocycles. The molecule has 18 heteroatoms. The van der Waals surface area contributed by atoms with Crippen LogP contribution in [-0.2, 0) is 76.3 Å². The Morgan fingerprint density at radius 2 is 0.796 bits per heavy atom. The fourth-order valence-corrected chi connectivity index (χ4v) is 3.88. The normalized spacial score (nSPS) is 12.1. The molecule has 0 spiro atoms. The van der Waals surface area contributed by atoms with Crippen molar-refractivity contribution in [1.29, 1.82) is 0 Å². The molecule has 0 heterocycles. The van der Waals surface area contributed by atoms with Crippen molar-refractivity contribution in [2.75, 3.05) is 52.9 Å². The maximum absolute atomic E-state index is 16.1. The van der Waals surface area contributed by atoms with Crippen LogP contribution in [0.1, 0.15) is 47.5 Å². The SMILES string of the molecule is C=CC(=O)OCC(COC(=O)CC)(COC(=O)CC)COC(=O)C(C)C(F)(F)C(C)(C)C(=O)OCC(COC(=O)C=C)(COC(=O)C=C)COC(=O)C=C. The minimum atomic E-state index is -4.23. The third kappa shape index (κ3) is 15.3. The minimum Gasteiger partial charge on any atom is -0.465 e. The fourth-order valence-electron chi connectivity index (χ4n) is 3.88. The maximum atomic E-state index is 16.1. The second kappa shape index (κ2) is 22.6. The van der Waals surface area contributed by atoms with Crippen LogP contribution in [0.3, 0.4) is 0 Å². The topological polar surface area (TPSA) is 210 Å². The Labute approximate surface area is 311 Å². The van der Waals surface area contributed by atoms with Gasteiger partial charge in [0.05, 0.1) is 0 Å². The minimum absolute atomic E-state index is 0.0907. The molecule has 0 fully saturated rings. The van der Waals surface area contributed by atoms with E-state index < -0.39 is 129 Å². The highest BCUT2D eigenvalue weighted by atomic mass is 19.3. The van der Waals surface area contributed by atoms with Crippen molar-refractivity contribution in [3.8, 4) is 0 Å². The molecule has 1 unspecified atom stereocenters. The lowest BCUT2D eigenvalue weighted by Gasteiger charge is -2.37. The number of halogens is 2.